The number of oxime groups is 1. The van der Waals surface area contributed by atoms with E-state index in [9.17, 15) is 4.79 Å². The Kier molecular flexibility index (Phi) is 6.32. The number of benzene rings is 1. The molecule has 98 valence electrons. The molecule has 0 unspecified atom stereocenters. The van der Waals surface area contributed by atoms with Crippen LogP contribution in [0.4, 0.5) is 0 Å². The molecule has 0 spiro atoms. The van der Waals surface area contributed by atoms with Crippen LogP contribution in [0.1, 0.15) is 24.8 Å². The van der Waals surface area contributed by atoms with Gasteiger partial charge in [0.15, 0.2) is 0 Å². The van der Waals surface area contributed by atoms with Crippen molar-refractivity contribution in [1.29, 1.82) is 0 Å². The standard InChI is InChI=1S/C13H19N3O2/c14-12(16-18)7-4-10-15-13(17)9-8-11-5-2-1-3-6-11/h1-3,5-6,18H,4,7-10H2,(H2,14,16)(H,15,17). The number of nitrogens with one attached hydrogen (secondary N) is 1. The number of rotatable bonds is 7. The number of amides is 1. The Labute approximate surface area is 107 Å². The summed E-state index contributed by atoms with van der Waals surface area (Å²) in [6, 6.07) is 9.89. The van der Waals surface area contributed by atoms with Crippen LogP contribution < -0.4 is 11.1 Å². The van der Waals surface area contributed by atoms with E-state index in [1.807, 2.05) is 30.3 Å². The Morgan fingerprint density at radius 2 is 2.00 bits per heavy atom. The number of nitrogens with zero attached hydrogens (tertiary/aromatic N) is 1. The van der Waals surface area contributed by atoms with Gasteiger partial charge < -0.3 is 16.3 Å². The summed E-state index contributed by atoms with van der Waals surface area (Å²) in [6.45, 7) is 0.545. The molecule has 18 heavy (non-hydrogen) atoms. The van der Waals surface area contributed by atoms with Crippen LogP contribution in [0.25, 0.3) is 0 Å². The average molecular weight is 249 g/mol. The van der Waals surface area contributed by atoms with E-state index in [4.69, 9.17) is 10.9 Å². The van der Waals surface area contributed by atoms with Gasteiger partial charge in [-0.15, -0.1) is 0 Å². The van der Waals surface area contributed by atoms with Crippen LogP contribution in [0.15, 0.2) is 35.5 Å². The lowest BCUT2D eigenvalue weighted by Gasteiger charge is -2.04. The second kappa shape index (κ2) is 8.11. The molecule has 0 fully saturated rings. The van der Waals surface area contributed by atoms with E-state index in [-0.39, 0.29) is 11.7 Å². The molecule has 5 heteroatoms. The van der Waals surface area contributed by atoms with E-state index in [2.05, 4.69) is 10.5 Å². The SMILES string of the molecule is NC(CCCNC(=O)CCc1ccccc1)=NO. The molecule has 0 aliphatic rings. The topological polar surface area (TPSA) is 87.7 Å². The minimum absolute atomic E-state index is 0.0263. The number of nitrogens with two attached hydrogens (primary N) is 1. The summed E-state index contributed by atoms with van der Waals surface area (Å²) in [5, 5.41) is 14.0. The van der Waals surface area contributed by atoms with Crippen molar-refractivity contribution < 1.29 is 10.0 Å². The molecule has 0 aliphatic carbocycles. The zero-order valence-corrected chi connectivity index (χ0v) is 10.3. The van der Waals surface area contributed by atoms with Crippen molar-refractivity contribution in [3.8, 4) is 0 Å². The Bertz CT molecular complexity index is 390. The molecule has 0 aromatic heterocycles. The Morgan fingerprint density at radius 3 is 2.67 bits per heavy atom. The molecule has 0 saturated heterocycles. The lowest BCUT2D eigenvalue weighted by molar-refractivity contribution is -0.121. The predicted molar refractivity (Wildman–Crippen MR) is 70.4 cm³/mol. The second-order valence-corrected chi connectivity index (χ2v) is 4.03. The first-order chi connectivity index (χ1) is 8.72. The number of carbonyl (C=O) groups excluding carboxylic acids is 1. The van der Waals surface area contributed by atoms with Gasteiger partial charge in [0, 0.05) is 19.4 Å². The maximum atomic E-state index is 11.5. The van der Waals surface area contributed by atoms with Gasteiger partial charge >= 0.3 is 0 Å². The van der Waals surface area contributed by atoms with Gasteiger partial charge in [0.1, 0.15) is 5.84 Å². The van der Waals surface area contributed by atoms with Crippen molar-refractivity contribution in [2.45, 2.75) is 25.7 Å². The molecular weight excluding hydrogens is 230 g/mol. The highest BCUT2D eigenvalue weighted by molar-refractivity contribution is 5.79. The molecule has 0 saturated carbocycles. The van der Waals surface area contributed by atoms with E-state index in [0.29, 0.717) is 25.8 Å². The third-order valence-electron chi connectivity index (χ3n) is 2.54. The second-order valence-electron chi connectivity index (χ2n) is 4.03. The van der Waals surface area contributed by atoms with Crippen LogP contribution in [-0.2, 0) is 11.2 Å². The van der Waals surface area contributed by atoms with E-state index in [1.165, 1.54) is 0 Å². The van der Waals surface area contributed by atoms with Crippen LogP contribution in [0.5, 0.6) is 0 Å². The van der Waals surface area contributed by atoms with Crippen molar-refractivity contribution >= 4 is 11.7 Å². The van der Waals surface area contributed by atoms with E-state index in [0.717, 1.165) is 12.0 Å². The number of amidine groups is 1. The highest BCUT2D eigenvalue weighted by atomic mass is 16.4. The Hall–Kier alpha value is -2.04. The molecule has 0 atom stereocenters. The van der Waals surface area contributed by atoms with Crippen molar-refractivity contribution in [3.63, 3.8) is 0 Å². The van der Waals surface area contributed by atoms with Crippen LogP contribution in [0.2, 0.25) is 0 Å². The van der Waals surface area contributed by atoms with Crippen LogP contribution in [0, 0.1) is 0 Å². The summed E-state index contributed by atoms with van der Waals surface area (Å²) in [5.74, 6) is 0.215. The van der Waals surface area contributed by atoms with E-state index in [1.54, 1.807) is 0 Å². The lowest BCUT2D eigenvalue weighted by atomic mass is 10.1. The molecule has 0 radical (unpaired) electrons. The first-order valence-electron chi connectivity index (χ1n) is 5.99. The zero-order valence-electron chi connectivity index (χ0n) is 10.3. The summed E-state index contributed by atoms with van der Waals surface area (Å²) in [5.41, 5.74) is 6.47. The summed E-state index contributed by atoms with van der Waals surface area (Å²) in [4.78, 5) is 11.5. The molecule has 0 bridgehead atoms. The van der Waals surface area contributed by atoms with Crippen LogP contribution in [0.3, 0.4) is 0 Å². The molecule has 4 N–H and O–H groups in total. The first-order valence-corrected chi connectivity index (χ1v) is 5.99. The molecule has 0 heterocycles. The van der Waals surface area contributed by atoms with E-state index >= 15 is 0 Å². The maximum Gasteiger partial charge on any atom is 0.220 e. The normalized spacial score (nSPS) is 11.2. The van der Waals surface area contributed by atoms with Gasteiger partial charge in [0.2, 0.25) is 5.91 Å². The van der Waals surface area contributed by atoms with Crippen molar-refractivity contribution in [1.82, 2.24) is 5.32 Å². The third kappa shape index (κ3) is 5.89. The quantitative estimate of drug-likeness (QED) is 0.223. The molecular formula is C13H19N3O2. The largest absolute Gasteiger partial charge is 0.409 e. The van der Waals surface area contributed by atoms with Gasteiger partial charge in [-0.3, -0.25) is 4.79 Å². The fourth-order valence-corrected chi connectivity index (χ4v) is 1.54. The van der Waals surface area contributed by atoms with E-state index < -0.39 is 0 Å². The van der Waals surface area contributed by atoms with Crippen molar-refractivity contribution in [3.05, 3.63) is 35.9 Å². The Morgan fingerprint density at radius 1 is 1.28 bits per heavy atom. The van der Waals surface area contributed by atoms with Gasteiger partial charge in [0.25, 0.3) is 0 Å². The molecule has 0 aliphatic heterocycles. The summed E-state index contributed by atoms with van der Waals surface area (Å²) < 4.78 is 0. The van der Waals surface area contributed by atoms with Crippen molar-refractivity contribution in [2.75, 3.05) is 6.54 Å². The molecule has 1 aromatic carbocycles. The lowest BCUT2D eigenvalue weighted by Crippen LogP contribution is -2.25. The number of carbonyl (C=O) groups is 1. The van der Waals surface area contributed by atoms with Gasteiger partial charge in [0.05, 0.1) is 0 Å². The summed E-state index contributed by atoms with van der Waals surface area (Å²) in [7, 11) is 0. The van der Waals surface area contributed by atoms with Gasteiger partial charge in [-0.1, -0.05) is 35.5 Å². The monoisotopic (exact) mass is 249 g/mol. The first kappa shape index (κ1) is 14.0. The van der Waals surface area contributed by atoms with Crippen LogP contribution in [-0.4, -0.2) is 23.5 Å². The minimum Gasteiger partial charge on any atom is -0.409 e. The zero-order chi connectivity index (χ0) is 13.2. The molecule has 1 amide bonds. The predicted octanol–water partition coefficient (Wildman–Crippen LogP) is 1.26. The maximum absolute atomic E-state index is 11.5. The summed E-state index contributed by atoms with van der Waals surface area (Å²) in [6.07, 6.45) is 2.38. The molecule has 1 rings (SSSR count). The number of hydrogen-bond donors (Lipinski definition) is 3. The number of hydrogen-bond acceptors (Lipinski definition) is 3. The molecule has 5 nitrogen and oxygen atoms in total. The van der Waals surface area contributed by atoms with Crippen LogP contribution >= 0.6 is 0 Å². The van der Waals surface area contributed by atoms with Crippen molar-refractivity contribution in [2.24, 2.45) is 10.9 Å². The molecule has 1 aromatic rings. The van der Waals surface area contributed by atoms with Gasteiger partial charge in [-0.05, 0) is 18.4 Å². The van der Waals surface area contributed by atoms with Gasteiger partial charge in [-0.25, -0.2) is 0 Å². The minimum atomic E-state index is 0.0263. The third-order valence-corrected chi connectivity index (χ3v) is 2.54. The Balaban J connectivity index is 2.11. The van der Waals surface area contributed by atoms with Gasteiger partial charge in [-0.2, -0.15) is 0 Å². The highest BCUT2D eigenvalue weighted by Gasteiger charge is 2.01. The fourth-order valence-electron chi connectivity index (χ4n) is 1.54. The summed E-state index contributed by atoms with van der Waals surface area (Å²) >= 11 is 0. The highest BCUT2D eigenvalue weighted by Crippen LogP contribution is 2.02. The fraction of sp³-hybridized carbons (Fsp3) is 0.385. The smallest absolute Gasteiger partial charge is 0.220 e. The number of aryl methyl sites for hydroxylation is 1. The average Bonchev–Trinajstić information content (AvgIpc) is 2.42.